The van der Waals surface area contributed by atoms with Crippen molar-refractivity contribution in [2.45, 2.75) is 63.6 Å². The van der Waals surface area contributed by atoms with Gasteiger partial charge in [-0.2, -0.15) is 13.2 Å². The molecule has 0 unspecified atom stereocenters. The van der Waals surface area contributed by atoms with E-state index in [4.69, 9.17) is 5.73 Å². The van der Waals surface area contributed by atoms with Gasteiger partial charge in [0.05, 0.1) is 17.3 Å². The summed E-state index contributed by atoms with van der Waals surface area (Å²) in [4.78, 5) is 23.5. The number of likely N-dealkylation sites (tertiary alicyclic amines) is 1. The second-order valence-electron chi connectivity index (χ2n) is 8.56. The molecule has 1 aliphatic heterocycles. The van der Waals surface area contributed by atoms with Gasteiger partial charge in [0.25, 0.3) is 0 Å². The maximum atomic E-state index is 13.3. The molecule has 4 rings (SSSR count). The zero-order valence-corrected chi connectivity index (χ0v) is 17.4. The predicted molar refractivity (Wildman–Crippen MR) is 112 cm³/mol. The number of rotatable bonds is 4. The van der Waals surface area contributed by atoms with E-state index in [-0.39, 0.29) is 17.9 Å². The van der Waals surface area contributed by atoms with Gasteiger partial charge in [0.15, 0.2) is 0 Å². The molecular formula is C23H27F3N4O. The molecule has 2 heterocycles. The van der Waals surface area contributed by atoms with Crippen molar-refractivity contribution in [2.75, 3.05) is 12.3 Å². The molecule has 0 bridgehead atoms. The number of aromatic nitrogens is 2. The average Bonchev–Trinajstić information content (AvgIpc) is 3.26. The molecule has 166 valence electrons. The summed E-state index contributed by atoms with van der Waals surface area (Å²) < 4.78 is 39.8. The maximum absolute atomic E-state index is 13.3. The molecule has 2 aliphatic rings. The number of hydrogen-bond donors (Lipinski definition) is 1. The Bertz CT molecular complexity index is 941. The first-order chi connectivity index (χ1) is 14.8. The molecule has 1 atom stereocenters. The van der Waals surface area contributed by atoms with Crippen molar-refractivity contribution in [2.24, 2.45) is 5.92 Å². The Morgan fingerprint density at radius 2 is 1.87 bits per heavy atom. The third kappa shape index (κ3) is 4.83. The van der Waals surface area contributed by atoms with Gasteiger partial charge in [0, 0.05) is 24.7 Å². The lowest BCUT2D eigenvalue weighted by molar-refractivity contribution is -0.137. The summed E-state index contributed by atoms with van der Waals surface area (Å²) in [5, 5.41) is 0. The molecule has 2 N–H and O–H groups in total. The number of nitrogens with zero attached hydrogens (tertiary/aromatic N) is 3. The minimum absolute atomic E-state index is 0.0551. The third-order valence-corrected chi connectivity index (χ3v) is 6.41. The Morgan fingerprint density at radius 3 is 2.61 bits per heavy atom. The van der Waals surface area contributed by atoms with Crippen LogP contribution in [-0.4, -0.2) is 27.3 Å². The Morgan fingerprint density at radius 1 is 1.13 bits per heavy atom. The molecule has 5 nitrogen and oxygen atoms in total. The van der Waals surface area contributed by atoms with Gasteiger partial charge in [-0.05, 0) is 55.7 Å². The Kier molecular flexibility index (Phi) is 6.16. The zero-order valence-electron chi connectivity index (χ0n) is 17.4. The number of carbonyl (C=O) groups is 1. The number of nitrogen functional groups attached to an aromatic ring is 1. The van der Waals surface area contributed by atoms with Gasteiger partial charge in [-0.1, -0.05) is 25.0 Å². The normalized spacial score (nSPS) is 20.2. The molecule has 1 amide bonds. The first kappa shape index (κ1) is 21.6. The van der Waals surface area contributed by atoms with Gasteiger partial charge in [0.1, 0.15) is 0 Å². The first-order valence-electron chi connectivity index (χ1n) is 10.9. The van der Waals surface area contributed by atoms with Gasteiger partial charge in [-0.15, -0.1) is 0 Å². The van der Waals surface area contributed by atoms with E-state index in [1.54, 1.807) is 6.07 Å². The molecule has 31 heavy (non-hydrogen) atoms. The number of hydrogen-bond acceptors (Lipinski definition) is 4. The van der Waals surface area contributed by atoms with Crippen molar-refractivity contribution >= 4 is 11.9 Å². The predicted octanol–water partition coefficient (Wildman–Crippen LogP) is 5.38. The topological polar surface area (TPSA) is 72.1 Å². The summed E-state index contributed by atoms with van der Waals surface area (Å²) in [5.74, 6) is 0.580. The Hall–Kier alpha value is -2.64. The molecule has 1 saturated heterocycles. The van der Waals surface area contributed by atoms with E-state index in [9.17, 15) is 18.0 Å². The third-order valence-electron chi connectivity index (χ3n) is 6.41. The van der Waals surface area contributed by atoms with E-state index in [2.05, 4.69) is 9.97 Å². The van der Waals surface area contributed by atoms with Crippen LogP contribution in [0.3, 0.4) is 0 Å². The molecule has 1 saturated carbocycles. The monoisotopic (exact) mass is 432 g/mol. The Balaban J connectivity index is 1.69. The van der Waals surface area contributed by atoms with E-state index >= 15 is 0 Å². The Labute approximate surface area is 179 Å². The fourth-order valence-corrected chi connectivity index (χ4v) is 4.84. The SMILES string of the molecule is Nc1ncc(-c2cccc(C(F)(F)F)c2)c([C@H]2CCCCN2C(=O)CC2CCCC2)n1. The molecule has 8 heteroatoms. The lowest BCUT2D eigenvalue weighted by Gasteiger charge is -2.37. The lowest BCUT2D eigenvalue weighted by Crippen LogP contribution is -2.39. The van der Waals surface area contributed by atoms with E-state index < -0.39 is 11.7 Å². The summed E-state index contributed by atoms with van der Waals surface area (Å²) in [6.07, 6.45) is 4.60. The summed E-state index contributed by atoms with van der Waals surface area (Å²) in [5.41, 5.74) is 6.53. The molecule has 0 spiro atoms. The van der Waals surface area contributed by atoms with Gasteiger partial charge >= 0.3 is 6.18 Å². The number of halogens is 3. The van der Waals surface area contributed by atoms with Crippen molar-refractivity contribution in [3.05, 3.63) is 41.7 Å². The van der Waals surface area contributed by atoms with Crippen LogP contribution in [0.25, 0.3) is 11.1 Å². The maximum Gasteiger partial charge on any atom is 0.416 e. The molecule has 2 fully saturated rings. The minimum Gasteiger partial charge on any atom is -0.368 e. The van der Waals surface area contributed by atoms with Crippen molar-refractivity contribution in [3.8, 4) is 11.1 Å². The lowest BCUT2D eigenvalue weighted by atomic mass is 9.92. The highest BCUT2D eigenvalue weighted by Crippen LogP contribution is 2.39. The number of benzene rings is 1. The van der Waals surface area contributed by atoms with Crippen LogP contribution in [0, 0.1) is 5.92 Å². The summed E-state index contributed by atoms with van der Waals surface area (Å²) in [6, 6.07) is 4.83. The highest BCUT2D eigenvalue weighted by molar-refractivity contribution is 5.78. The minimum atomic E-state index is -4.45. The highest BCUT2D eigenvalue weighted by Gasteiger charge is 2.34. The largest absolute Gasteiger partial charge is 0.416 e. The van der Waals surface area contributed by atoms with Gasteiger partial charge < -0.3 is 10.6 Å². The standard InChI is InChI=1S/C23H27F3N4O/c24-23(25,26)17-9-5-8-16(13-17)18-14-28-22(27)29-21(18)19-10-3-4-11-30(19)20(31)12-15-6-1-2-7-15/h5,8-9,13-15,19H,1-4,6-7,10-12H2,(H2,27,28,29)/t19-/m1/s1. The molecule has 2 aromatic rings. The van der Waals surface area contributed by atoms with Crippen LogP contribution >= 0.6 is 0 Å². The van der Waals surface area contributed by atoms with Crippen LogP contribution in [0.4, 0.5) is 19.1 Å². The fraction of sp³-hybridized carbons (Fsp3) is 0.522. The van der Waals surface area contributed by atoms with Crippen molar-refractivity contribution < 1.29 is 18.0 Å². The molecule has 1 aliphatic carbocycles. The van der Waals surface area contributed by atoms with E-state index in [1.165, 1.54) is 25.1 Å². The highest BCUT2D eigenvalue weighted by atomic mass is 19.4. The fourth-order valence-electron chi connectivity index (χ4n) is 4.84. The van der Waals surface area contributed by atoms with Gasteiger partial charge in [-0.25, -0.2) is 9.97 Å². The van der Waals surface area contributed by atoms with E-state index in [0.717, 1.165) is 37.8 Å². The van der Waals surface area contributed by atoms with Crippen LogP contribution in [0.15, 0.2) is 30.5 Å². The summed E-state index contributed by atoms with van der Waals surface area (Å²) in [6.45, 7) is 0.627. The zero-order chi connectivity index (χ0) is 22.0. The number of anilines is 1. The number of amides is 1. The van der Waals surface area contributed by atoms with E-state index in [1.807, 2.05) is 4.90 Å². The van der Waals surface area contributed by atoms with Gasteiger partial charge in [0.2, 0.25) is 11.9 Å². The van der Waals surface area contributed by atoms with Crippen LogP contribution in [-0.2, 0) is 11.0 Å². The molecule has 1 aromatic carbocycles. The van der Waals surface area contributed by atoms with Crippen LogP contribution < -0.4 is 5.73 Å². The molecule has 0 radical (unpaired) electrons. The number of nitrogens with two attached hydrogens (primary N) is 1. The number of alkyl halides is 3. The van der Waals surface area contributed by atoms with Crippen LogP contribution in [0.1, 0.15) is 68.7 Å². The second kappa shape index (κ2) is 8.85. The average molecular weight is 432 g/mol. The van der Waals surface area contributed by atoms with Crippen molar-refractivity contribution in [1.82, 2.24) is 14.9 Å². The second-order valence-corrected chi connectivity index (χ2v) is 8.56. The van der Waals surface area contributed by atoms with Gasteiger partial charge in [-0.3, -0.25) is 4.79 Å². The smallest absolute Gasteiger partial charge is 0.368 e. The van der Waals surface area contributed by atoms with Crippen LogP contribution in [0.2, 0.25) is 0 Å². The molecular weight excluding hydrogens is 405 g/mol. The molecule has 1 aromatic heterocycles. The van der Waals surface area contributed by atoms with Crippen molar-refractivity contribution in [3.63, 3.8) is 0 Å². The number of carbonyl (C=O) groups excluding carboxylic acids is 1. The quantitative estimate of drug-likeness (QED) is 0.704. The van der Waals surface area contributed by atoms with Crippen LogP contribution in [0.5, 0.6) is 0 Å². The van der Waals surface area contributed by atoms with Crippen molar-refractivity contribution in [1.29, 1.82) is 0 Å². The van der Waals surface area contributed by atoms with E-state index in [0.29, 0.717) is 42.1 Å². The first-order valence-corrected chi connectivity index (χ1v) is 10.9. The summed E-state index contributed by atoms with van der Waals surface area (Å²) >= 11 is 0. The summed E-state index contributed by atoms with van der Waals surface area (Å²) in [7, 11) is 0. The number of piperidine rings is 1.